The standard InChI is InChI=1S/C23H20N4O3S/c1-16-6-12-19(13-7-16)31(29,30)14-17-8-10-18(11-9-17)23(28)26-21-5-3-2-4-20(21)22-24-15-25-27-22/h2-13,15H,14H2,1H3,(H,26,28)(H,24,25,27). The molecule has 156 valence electrons. The van der Waals surface area contributed by atoms with Crippen LogP contribution in [0.4, 0.5) is 5.69 Å². The summed E-state index contributed by atoms with van der Waals surface area (Å²) in [6.45, 7) is 1.91. The van der Waals surface area contributed by atoms with Crippen LogP contribution in [-0.2, 0) is 15.6 Å². The molecule has 7 nitrogen and oxygen atoms in total. The van der Waals surface area contributed by atoms with Crippen molar-refractivity contribution in [1.82, 2.24) is 15.2 Å². The predicted molar refractivity (Wildman–Crippen MR) is 118 cm³/mol. The second kappa shape index (κ2) is 8.53. The summed E-state index contributed by atoms with van der Waals surface area (Å²) < 4.78 is 25.3. The molecule has 0 aliphatic heterocycles. The summed E-state index contributed by atoms with van der Waals surface area (Å²) in [6, 6.07) is 20.6. The lowest BCUT2D eigenvalue weighted by Gasteiger charge is -2.10. The fourth-order valence-corrected chi connectivity index (χ4v) is 4.48. The second-order valence-electron chi connectivity index (χ2n) is 7.10. The quantitative estimate of drug-likeness (QED) is 0.479. The van der Waals surface area contributed by atoms with E-state index in [1.807, 2.05) is 25.1 Å². The summed E-state index contributed by atoms with van der Waals surface area (Å²) in [5, 5.41) is 9.50. The molecule has 0 fully saturated rings. The van der Waals surface area contributed by atoms with Gasteiger partial charge in [0.05, 0.1) is 16.3 Å². The van der Waals surface area contributed by atoms with Gasteiger partial charge >= 0.3 is 0 Å². The lowest BCUT2D eigenvalue weighted by atomic mass is 10.1. The number of carbonyl (C=O) groups is 1. The first-order valence-corrected chi connectivity index (χ1v) is 11.2. The summed E-state index contributed by atoms with van der Waals surface area (Å²) in [5.74, 6) is 0.110. The summed E-state index contributed by atoms with van der Waals surface area (Å²) in [4.78, 5) is 17.1. The molecule has 0 radical (unpaired) electrons. The minimum absolute atomic E-state index is 0.133. The van der Waals surface area contributed by atoms with E-state index in [0.717, 1.165) is 5.56 Å². The SMILES string of the molecule is Cc1ccc(S(=O)(=O)Cc2ccc(C(=O)Nc3ccccc3-c3ncn[nH]3)cc2)cc1. The highest BCUT2D eigenvalue weighted by molar-refractivity contribution is 7.90. The molecular formula is C23H20N4O3S. The maximum atomic E-state index is 12.7. The van der Waals surface area contributed by atoms with E-state index in [9.17, 15) is 13.2 Å². The number of aromatic amines is 1. The van der Waals surface area contributed by atoms with Gasteiger partial charge in [0, 0.05) is 11.1 Å². The van der Waals surface area contributed by atoms with Gasteiger partial charge < -0.3 is 5.32 Å². The van der Waals surface area contributed by atoms with Gasteiger partial charge in [0.1, 0.15) is 6.33 Å². The van der Waals surface area contributed by atoms with E-state index in [2.05, 4.69) is 20.5 Å². The first-order valence-electron chi connectivity index (χ1n) is 9.57. The number of carbonyl (C=O) groups excluding carboxylic acids is 1. The molecule has 0 saturated heterocycles. The molecule has 1 aromatic heterocycles. The van der Waals surface area contributed by atoms with Crippen LogP contribution in [0.1, 0.15) is 21.5 Å². The Morgan fingerprint density at radius 1 is 0.968 bits per heavy atom. The number of anilines is 1. The van der Waals surface area contributed by atoms with E-state index < -0.39 is 9.84 Å². The molecule has 3 aromatic carbocycles. The van der Waals surface area contributed by atoms with Crippen LogP contribution < -0.4 is 5.32 Å². The van der Waals surface area contributed by atoms with E-state index in [-0.39, 0.29) is 16.6 Å². The molecule has 1 amide bonds. The Morgan fingerprint density at radius 2 is 1.68 bits per heavy atom. The molecular weight excluding hydrogens is 412 g/mol. The number of nitrogens with one attached hydrogen (secondary N) is 2. The summed E-state index contributed by atoms with van der Waals surface area (Å²) in [7, 11) is -3.46. The molecule has 0 unspecified atom stereocenters. The highest BCUT2D eigenvalue weighted by Crippen LogP contribution is 2.25. The van der Waals surface area contributed by atoms with Crippen LogP contribution in [-0.4, -0.2) is 29.5 Å². The Balaban J connectivity index is 1.49. The van der Waals surface area contributed by atoms with Crippen molar-refractivity contribution in [3.8, 4) is 11.4 Å². The van der Waals surface area contributed by atoms with E-state index in [4.69, 9.17) is 0 Å². The lowest BCUT2D eigenvalue weighted by molar-refractivity contribution is 0.102. The van der Waals surface area contributed by atoms with E-state index in [1.165, 1.54) is 6.33 Å². The number of rotatable bonds is 6. The normalized spacial score (nSPS) is 11.3. The Labute approximate surface area is 180 Å². The average molecular weight is 433 g/mol. The maximum absolute atomic E-state index is 12.7. The lowest BCUT2D eigenvalue weighted by Crippen LogP contribution is -2.13. The maximum Gasteiger partial charge on any atom is 0.255 e. The largest absolute Gasteiger partial charge is 0.321 e. The van der Waals surface area contributed by atoms with Crippen molar-refractivity contribution in [2.75, 3.05) is 5.32 Å². The van der Waals surface area contributed by atoms with Gasteiger partial charge in [-0.15, -0.1) is 0 Å². The Bertz CT molecular complexity index is 1300. The molecule has 0 bridgehead atoms. The van der Waals surface area contributed by atoms with Gasteiger partial charge in [0.15, 0.2) is 15.7 Å². The highest BCUT2D eigenvalue weighted by atomic mass is 32.2. The summed E-state index contributed by atoms with van der Waals surface area (Å²) >= 11 is 0. The number of aromatic nitrogens is 3. The van der Waals surface area contributed by atoms with Crippen LogP contribution in [0, 0.1) is 6.92 Å². The van der Waals surface area contributed by atoms with Crippen LogP contribution in [0.3, 0.4) is 0 Å². The van der Waals surface area contributed by atoms with Gasteiger partial charge in [-0.3, -0.25) is 9.89 Å². The van der Waals surface area contributed by atoms with Gasteiger partial charge in [0.2, 0.25) is 0 Å². The Kier molecular flexibility index (Phi) is 5.64. The van der Waals surface area contributed by atoms with Crippen LogP contribution >= 0.6 is 0 Å². The van der Waals surface area contributed by atoms with E-state index in [0.29, 0.717) is 28.2 Å². The monoisotopic (exact) mass is 432 g/mol. The number of H-pyrrole nitrogens is 1. The predicted octanol–water partition coefficient (Wildman–Crippen LogP) is 4.01. The zero-order chi connectivity index (χ0) is 21.8. The van der Waals surface area contributed by atoms with E-state index in [1.54, 1.807) is 54.6 Å². The van der Waals surface area contributed by atoms with Gasteiger partial charge in [-0.2, -0.15) is 5.10 Å². The van der Waals surface area contributed by atoms with Crippen molar-refractivity contribution in [3.63, 3.8) is 0 Å². The smallest absolute Gasteiger partial charge is 0.255 e. The highest BCUT2D eigenvalue weighted by Gasteiger charge is 2.16. The van der Waals surface area contributed by atoms with E-state index >= 15 is 0 Å². The minimum atomic E-state index is -3.46. The fraction of sp³-hybridized carbons (Fsp3) is 0.0870. The van der Waals surface area contributed by atoms with Crippen LogP contribution in [0.2, 0.25) is 0 Å². The van der Waals surface area contributed by atoms with Crippen molar-refractivity contribution < 1.29 is 13.2 Å². The summed E-state index contributed by atoms with van der Waals surface area (Å²) in [6.07, 6.45) is 1.40. The van der Waals surface area contributed by atoms with Crippen LogP contribution in [0.5, 0.6) is 0 Å². The molecule has 0 saturated carbocycles. The number of hydrogen-bond acceptors (Lipinski definition) is 5. The second-order valence-corrected chi connectivity index (χ2v) is 9.09. The third-order valence-corrected chi connectivity index (χ3v) is 6.50. The molecule has 0 spiro atoms. The fourth-order valence-electron chi connectivity index (χ4n) is 3.13. The molecule has 1 heterocycles. The third-order valence-electron chi connectivity index (χ3n) is 4.80. The van der Waals surface area contributed by atoms with Gasteiger partial charge in [-0.25, -0.2) is 13.4 Å². The topological polar surface area (TPSA) is 105 Å². The van der Waals surface area contributed by atoms with Crippen LogP contribution in [0.25, 0.3) is 11.4 Å². The first-order chi connectivity index (χ1) is 14.9. The van der Waals surface area contributed by atoms with Gasteiger partial charge in [-0.05, 0) is 48.9 Å². The molecule has 4 aromatic rings. The van der Waals surface area contributed by atoms with Crippen molar-refractivity contribution in [2.45, 2.75) is 17.6 Å². The molecule has 0 aliphatic carbocycles. The Hall–Kier alpha value is -3.78. The Morgan fingerprint density at radius 3 is 2.35 bits per heavy atom. The molecule has 31 heavy (non-hydrogen) atoms. The number of amides is 1. The molecule has 2 N–H and O–H groups in total. The van der Waals surface area contributed by atoms with Crippen molar-refractivity contribution >= 4 is 21.4 Å². The number of nitrogens with zero attached hydrogens (tertiary/aromatic N) is 2. The molecule has 8 heteroatoms. The average Bonchev–Trinajstić information content (AvgIpc) is 3.29. The minimum Gasteiger partial charge on any atom is -0.321 e. The molecule has 4 rings (SSSR count). The number of hydrogen-bond donors (Lipinski definition) is 2. The molecule has 0 atom stereocenters. The molecule has 0 aliphatic rings. The number of sulfone groups is 1. The van der Waals surface area contributed by atoms with Gasteiger partial charge in [0.25, 0.3) is 5.91 Å². The number of aryl methyl sites for hydroxylation is 1. The number of benzene rings is 3. The first kappa shape index (κ1) is 20.5. The van der Waals surface area contributed by atoms with Crippen molar-refractivity contribution in [2.24, 2.45) is 0 Å². The third kappa shape index (κ3) is 4.70. The van der Waals surface area contributed by atoms with Gasteiger partial charge in [-0.1, -0.05) is 42.0 Å². The van der Waals surface area contributed by atoms with Crippen molar-refractivity contribution in [1.29, 1.82) is 0 Å². The summed E-state index contributed by atoms with van der Waals surface area (Å²) in [5.41, 5.74) is 3.34. The van der Waals surface area contributed by atoms with Crippen LogP contribution in [0.15, 0.2) is 84.0 Å². The van der Waals surface area contributed by atoms with Crippen molar-refractivity contribution in [3.05, 3.63) is 95.8 Å². The zero-order valence-electron chi connectivity index (χ0n) is 16.7. The zero-order valence-corrected chi connectivity index (χ0v) is 17.6. The number of para-hydroxylation sites is 1.